The molecule has 0 saturated heterocycles. The van der Waals surface area contributed by atoms with Gasteiger partial charge in [-0.05, 0) is 30.2 Å². The van der Waals surface area contributed by atoms with Gasteiger partial charge in [0.05, 0.1) is 24.3 Å². The summed E-state index contributed by atoms with van der Waals surface area (Å²) in [6.07, 6.45) is 3.72. The van der Waals surface area contributed by atoms with Crippen LogP contribution in [0.25, 0.3) is 6.08 Å². The average molecular weight is 244 g/mol. The standard InChI is InChI=1S/C14H16N2O2/c1-2-13(10-17)16-14(18)7-6-11-4-3-5-12(8-11)9-15/h3-8,13,17H,2,10H2,1H3,(H,16,18)/b7-6+/t13-/m1/s1. The monoisotopic (exact) mass is 244 g/mol. The van der Waals surface area contributed by atoms with Crippen molar-refractivity contribution in [1.29, 1.82) is 5.26 Å². The van der Waals surface area contributed by atoms with Gasteiger partial charge in [0.1, 0.15) is 0 Å². The molecule has 1 rings (SSSR count). The smallest absolute Gasteiger partial charge is 0.244 e. The third kappa shape index (κ3) is 4.40. The van der Waals surface area contributed by atoms with Crippen molar-refractivity contribution in [2.75, 3.05) is 6.61 Å². The second kappa shape index (κ2) is 7.25. The van der Waals surface area contributed by atoms with E-state index in [0.717, 1.165) is 5.56 Å². The zero-order valence-corrected chi connectivity index (χ0v) is 10.3. The van der Waals surface area contributed by atoms with Crippen LogP contribution in [0.5, 0.6) is 0 Å². The van der Waals surface area contributed by atoms with Gasteiger partial charge in [-0.15, -0.1) is 0 Å². The number of hydrogen-bond acceptors (Lipinski definition) is 3. The minimum Gasteiger partial charge on any atom is -0.394 e. The Balaban J connectivity index is 2.63. The fraction of sp³-hybridized carbons (Fsp3) is 0.286. The number of aliphatic hydroxyl groups is 1. The summed E-state index contributed by atoms with van der Waals surface area (Å²) < 4.78 is 0. The Kier molecular flexibility index (Phi) is 5.62. The number of rotatable bonds is 5. The lowest BCUT2D eigenvalue weighted by atomic mass is 10.1. The summed E-state index contributed by atoms with van der Waals surface area (Å²) in [4.78, 5) is 11.5. The molecule has 1 aromatic carbocycles. The largest absolute Gasteiger partial charge is 0.394 e. The topological polar surface area (TPSA) is 73.1 Å². The second-order valence-corrected chi connectivity index (χ2v) is 3.87. The van der Waals surface area contributed by atoms with Crippen LogP contribution in [0.4, 0.5) is 0 Å². The molecule has 0 aromatic heterocycles. The maximum absolute atomic E-state index is 11.5. The number of carbonyl (C=O) groups excluding carboxylic acids is 1. The van der Waals surface area contributed by atoms with E-state index in [4.69, 9.17) is 10.4 Å². The van der Waals surface area contributed by atoms with Crippen LogP contribution in [0.1, 0.15) is 24.5 Å². The van der Waals surface area contributed by atoms with E-state index in [0.29, 0.717) is 12.0 Å². The average Bonchev–Trinajstić information content (AvgIpc) is 2.42. The highest BCUT2D eigenvalue weighted by atomic mass is 16.3. The van der Waals surface area contributed by atoms with E-state index in [-0.39, 0.29) is 18.6 Å². The SMILES string of the molecule is CC[C@H](CO)NC(=O)/C=C/c1cccc(C#N)c1. The first kappa shape index (κ1) is 13.9. The Hall–Kier alpha value is -2.12. The van der Waals surface area contributed by atoms with Crippen LogP contribution < -0.4 is 5.32 Å². The molecule has 4 nitrogen and oxygen atoms in total. The van der Waals surface area contributed by atoms with Gasteiger partial charge < -0.3 is 10.4 Å². The Morgan fingerprint density at radius 2 is 2.39 bits per heavy atom. The van der Waals surface area contributed by atoms with Crippen molar-refractivity contribution >= 4 is 12.0 Å². The first-order chi connectivity index (χ1) is 8.69. The van der Waals surface area contributed by atoms with E-state index in [1.807, 2.05) is 19.1 Å². The molecular formula is C14H16N2O2. The van der Waals surface area contributed by atoms with E-state index in [1.165, 1.54) is 6.08 Å². The van der Waals surface area contributed by atoms with Crippen molar-refractivity contribution in [2.45, 2.75) is 19.4 Å². The molecule has 0 aliphatic heterocycles. The Labute approximate surface area is 107 Å². The van der Waals surface area contributed by atoms with Gasteiger partial charge in [0.25, 0.3) is 0 Å². The summed E-state index contributed by atoms with van der Waals surface area (Å²) >= 11 is 0. The minimum absolute atomic E-state index is 0.0694. The predicted molar refractivity (Wildman–Crippen MR) is 69.5 cm³/mol. The number of hydrogen-bond donors (Lipinski definition) is 2. The molecule has 0 spiro atoms. The fourth-order valence-corrected chi connectivity index (χ4v) is 1.41. The molecule has 0 aliphatic rings. The van der Waals surface area contributed by atoms with Gasteiger partial charge in [0.15, 0.2) is 0 Å². The minimum atomic E-state index is -0.252. The molecule has 0 saturated carbocycles. The molecule has 18 heavy (non-hydrogen) atoms. The molecule has 1 atom stereocenters. The molecule has 0 unspecified atom stereocenters. The van der Waals surface area contributed by atoms with Crippen molar-refractivity contribution in [1.82, 2.24) is 5.32 Å². The number of nitrogens with one attached hydrogen (secondary N) is 1. The van der Waals surface area contributed by atoms with E-state index >= 15 is 0 Å². The third-order valence-corrected chi connectivity index (χ3v) is 2.50. The van der Waals surface area contributed by atoms with Crippen LogP contribution in [-0.4, -0.2) is 23.7 Å². The Morgan fingerprint density at radius 3 is 3.00 bits per heavy atom. The lowest BCUT2D eigenvalue weighted by Crippen LogP contribution is -2.35. The maximum Gasteiger partial charge on any atom is 0.244 e. The lowest BCUT2D eigenvalue weighted by Gasteiger charge is -2.11. The summed E-state index contributed by atoms with van der Waals surface area (Å²) in [5.74, 6) is -0.252. The summed E-state index contributed by atoms with van der Waals surface area (Å²) in [7, 11) is 0. The highest BCUT2D eigenvalue weighted by Gasteiger charge is 2.05. The van der Waals surface area contributed by atoms with Gasteiger partial charge in [-0.3, -0.25) is 4.79 Å². The summed E-state index contributed by atoms with van der Waals surface area (Å²) in [6, 6.07) is 8.81. The summed E-state index contributed by atoms with van der Waals surface area (Å²) in [5.41, 5.74) is 1.35. The highest BCUT2D eigenvalue weighted by molar-refractivity contribution is 5.91. The number of aliphatic hydroxyl groups excluding tert-OH is 1. The number of benzene rings is 1. The van der Waals surface area contributed by atoms with E-state index in [9.17, 15) is 4.79 Å². The van der Waals surface area contributed by atoms with Crippen molar-refractivity contribution in [3.63, 3.8) is 0 Å². The number of carbonyl (C=O) groups is 1. The van der Waals surface area contributed by atoms with Gasteiger partial charge in [0.2, 0.25) is 5.91 Å². The third-order valence-electron chi connectivity index (χ3n) is 2.50. The molecular weight excluding hydrogens is 228 g/mol. The zero-order valence-electron chi connectivity index (χ0n) is 10.3. The van der Waals surface area contributed by atoms with Crippen molar-refractivity contribution in [3.05, 3.63) is 41.5 Å². The first-order valence-corrected chi connectivity index (χ1v) is 5.79. The van der Waals surface area contributed by atoms with Crippen LogP contribution in [0.15, 0.2) is 30.3 Å². The van der Waals surface area contributed by atoms with Gasteiger partial charge in [-0.2, -0.15) is 5.26 Å². The maximum atomic E-state index is 11.5. The van der Waals surface area contributed by atoms with Crippen LogP contribution in [0.2, 0.25) is 0 Å². The lowest BCUT2D eigenvalue weighted by molar-refractivity contribution is -0.117. The van der Waals surface area contributed by atoms with Crippen molar-refractivity contribution in [2.24, 2.45) is 0 Å². The van der Waals surface area contributed by atoms with Crippen LogP contribution in [0.3, 0.4) is 0 Å². The molecule has 94 valence electrons. The number of amides is 1. The molecule has 4 heteroatoms. The van der Waals surface area contributed by atoms with E-state index < -0.39 is 0 Å². The fourth-order valence-electron chi connectivity index (χ4n) is 1.41. The van der Waals surface area contributed by atoms with Gasteiger partial charge in [-0.1, -0.05) is 19.1 Å². The van der Waals surface area contributed by atoms with Gasteiger partial charge >= 0.3 is 0 Å². The quantitative estimate of drug-likeness (QED) is 0.770. The molecule has 2 N–H and O–H groups in total. The van der Waals surface area contributed by atoms with Gasteiger partial charge in [-0.25, -0.2) is 0 Å². The Bertz CT molecular complexity index is 471. The second-order valence-electron chi connectivity index (χ2n) is 3.87. The number of nitriles is 1. The molecule has 1 amide bonds. The molecule has 0 aliphatic carbocycles. The van der Waals surface area contributed by atoms with Crippen LogP contribution >= 0.6 is 0 Å². The van der Waals surface area contributed by atoms with Crippen LogP contribution in [0, 0.1) is 11.3 Å². The molecule has 1 aromatic rings. The highest BCUT2D eigenvalue weighted by Crippen LogP contribution is 2.05. The molecule has 0 bridgehead atoms. The van der Waals surface area contributed by atoms with Crippen molar-refractivity contribution < 1.29 is 9.90 Å². The zero-order chi connectivity index (χ0) is 13.4. The first-order valence-electron chi connectivity index (χ1n) is 5.79. The van der Waals surface area contributed by atoms with Crippen molar-refractivity contribution in [3.8, 4) is 6.07 Å². The Morgan fingerprint density at radius 1 is 1.61 bits per heavy atom. The van der Waals surface area contributed by atoms with E-state index in [1.54, 1.807) is 24.3 Å². The molecule has 0 heterocycles. The normalized spacial score (nSPS) is 12.1. The molecule has 0 fully saturated rings. The summed E-state index contributed by atoms with van der Waals surface area (Å²) in [6.45, 7) is 1.82. The van der Waals surface area contributed by atoms with E-state index in [2.05, 4.69) is 5.32 Å². The predicted octanol–water partition coefficient (Wildman–Crippen LogP) is 1.46. The van der Waals surface area contributed by atoms with Gasteiger partial charge in [0, 0.05) is 6.08 Å². The molecule has 0 radical (unpaired) electrons. The summed E-state index contributed by atoms with van der Waals surface area (Å²) in [5, 5.41) is 20.4. The van der Waals surface area contributed by atoms with Crippen LogP contribution in [-0.2, 0) is 4.79 Å². The number of nitrogens with zero attached hydrogens (tertiary/aromatic N) is 1.